The Bertz CT molecular complexity index is 536. The van der Waals surface area contributed by atoms with Crippen LogP contribution in [0.3, 0.4) is 0 Å². The van der Waals surface area contributed by atoms with Crippen LogP contribution in [0.4, 0.5) is 0 Å². The van der Waals surface area contributed by atoms with Crippen LogP contribution >= 0.6 is 0 Å². The van der Waals surface area contributed by atoms with Crippen molar-refractivity contribution in [1.29, 1.82) is 0 Å². The van der Waals surface area contributed by atoms with E-state index in [2.05, 4.69) is 16.9 Å². The standard InChI is InChI=1S/C15H20N4O/c1-2-10-19-15(14(12-16)17-18-19)9-6-11-20-13-7-4-3-5-8-13/h2-5,7-8H,1,6,9-12,16H2. The fraction of sp³-hybridized carbons (Fsp3) is 0.333. The number of benzene rings is 1. The van der Waals surface area contributed by atoms with Crippen LogP contribution in [-0.4, -0.2) is 21.6 Å². The van der Waals surface area contributed by atoms with Gasteiger partial charge in [0, 0.05) is 6.54 Å². The van der Waals surface area contributed by atoms with Gasteiger partial charge in [-0.05, 0) is 25.0 Å². The highest BCUT2D eigenvalue weighted by Crippen LogP contribution is 2.11. The van der Waals surface area contributed by atoms with Crippen molar-refractivity contribution in [3.05, 3.63) is 54.4 Å². The predicted octanol–water partition coefficient (Wildman–Crippen LogP) is 1.93. The van der Waals surface area contributed by atoms with Gasteiger partial charge in [-0.25, -0.2) is 4.68 Å². The Balaban J connectivity index is 1.87. The molecule has 0 spiro atoms. The molecule has 1 heterocycles. The lowest BCUT2D eigenvalue weighted by molar-refractivity contribution is 0.309. The maximum absolute atomic E-state index is 5.68. The van der Waals surface area contributed by atoms with E-state index in [1.54, 1.807) is 6.08 Å². The van der Waals surface area contributed by atoms with Crippen molar-refractivity contribution in [2.24, 2.45) is 5.73 Å². The number of para-hydroxylation sites is 1. The average molecular weight is 272 g/mol. The number of nitrogens with zero attached hydrogens (tertiary/aromatic N) is 3. The first-order valence-corrected chi connectivity index (χ1v) is 6.75. The van der Waals surface area contributed by atoms with E-state index >= 15 is 0 Å². The summed E-state index contributed by atoms with van der Waals surface area (Å²) in [5, 5.41) is 8.18. The highest BCUT2D eigenvalue weighted by Gasteiger charge is 2.10. The maximum Gasteiger partial charge on any atom is 0.119 e. The highest BCUT2D eigenvalue weighted by atomic mass is 16.5. The number of nitrogens with two attached hydrogens (primary N) is 1. The third kappa shape index (κ3) is 3.68. The molecule has 0 saturated carbocycles. The van der Waals surface area contributed by atoms with Crippen LogP contribution in [0, 0.1) is 0 Å². The van der Waals surface area contributed by atoms with Gasteiger partial charge in [0.1, 0.15) is 5.75 Å². The van der Waals surface area contributed by atoms with Crippen LogP contribution in [0.1, 0.15) is 17.8 Å². The molecular weight excluding hydrogens is 252 g/mol. The molecule has 0 atom stereocenters. The Morgan fingerprint density at radius 1 is 1.30 bits per heavy atom. The first-order chi connectivity index (χ1) is 9.85. The van der Waals surface area contributed by atoms with Gasteiger partial charge in [-0.3, -0.25) is 0 Å². The Labute approximate surface area is 119 Å². The van der Waals surface area contributed by atoms with E-state index in [0.717, 1.165) is 30.0 Å². The largest absolute Gasteiger partial charge is 0.494 e. The summed E-state index contributed by atoms with van der Waals surface area (Å²) < 4.78 is 7.52. The molecule has 0 aliphatic heterocycles. The molecule has 2 N–H and O–H groups in total. The number of aromatic nitrogens is 3. The lowest BCUT2D eigenvalue weighted by atomic mass is 10.2. The van der Waals surface area contributed by atoms with Crippen molar-refractivity contribution < 1.29 is 4.74 Å². The fourth-order valence-corrected chi connectivity index (χ4v) is 2.02. The van der Waals surface area contributed by atoms with Crippen LogP contribution in [0.2, 0.25) is 0 Å². The van der Waals surface area contributed by atoms with Gasteiger partial charge in [-0.1, -0.05) is 29.5 Å². The van der Waals surface area contributed by atoms with Gasteiger partial charge in [0.25, 0.3) is 0 Å². The minimum Gasteiger partial charge on any atom is -0.494 e. The molecule has 0 fully saturated rings. The van der Waals surface area contributed by atoms with Gasteiger partial charge in [0.15, 0.2) is 0 Å². The predicted molar refractivity (Wildman–Crippen MR) is 78.4 cm³/mol. The van der Waals surface area contributed by atoms with E-state index in [1.165, 1.54) is 0 Å². The van der Waals surface area contributed by atoms with E-state index in [-0.39, 0.29) is 0 Å². The maximum atomic E-state index is 5.68. The minimum absolute atomic E-state index is 0.409. The van der Waals surface area contributed by atoms with Crippen molar-refractivity contribution in [3.63, 3.8) is 0 Å². The highest BCUT2D eigenvalue weighted by molar-refractivity contribution is 5.20. The van der Waals surface area contributed by atoms with Gasteiger partial charge in [0.05, 0.1) is 24.5 Å². The van der Waals surface area contributed by atoms with E-state index in [1.807, 2.05) is 35.0 Å². The van der Waals surface area contributed by atoms with Gasteiger partial charge in [-0.15, -0.1) is 11.7 Å². The second-order valence-electron chi connectivity index (χ2n) is 4.42. The summed E-state index contributed by atoms with van der Waals surface area (Å²) in [4.78, 5) is 0. The summed E-state index contributed by atoms with van der Waals surface area (Å²) in [7, 11) is 0. The molecule has 2 rings (SSSR count). The molecule has 0 amide bonds. The normalized spacial score (nSPS) is 10.4. The SMILES string of the molecule is C=CCn1nnc(CN)c1CCCOc1ccccc1. The van der Waals surface area contributed by atoms with Gasteiger partial charge < -0.3 is 10.5 Å². The fourth-order valence-electron chi connectivity index (χ4n) is 2.02. The summed E-state index contributed by atoms with van der Waals surface area (Å²) in [6, 6.07) is 9.80. The van der Waals surface area contributed by atoms with Crippen molar-refractivity contribution in [2.75, 3.05) is 6.61 Å². The number of hydrogen-bond donors (Lipinski definition) is 1. The third-order valence-corrected chi connectivity index (χ3v) is 2.98. The second kappa shape index (κ2) is 7.45. The number of allylic oxidation sites excluding steroid dienone is 1. The zero-order valence-electron chi connectivity index (χ0n) is 11.5. The molecule has 0 aliphatic carbocycles. The summed E-state index contributed by atoms with van der Waals surface area (Å²) in [5.41, 5.74) is 7.61. The molecule has 0 aliphatic rings. The summed E-state index contributed by atoms with van der Waals surface area (Å²) >= 11 is 0. The lowest BCUT2D eigenvalue weighted by Crippen LogP contribution is -2.09. The van der Waals surface area contributed by atoms with Gasteiger partial charge in [-0.2, -0.15) is 0 Å². The van der Waals surface area contributed by atoms with E-state index in [4.69, 9.17) is 10.5 Å². The van der Waals surface area contributed by atoms with E-state index in [0.29, 0.717) is 19.7 Å². The molecule has 0 saturated heterocycles. The molecule has 1 aromatic heterocycles. The Morgan fingerprint density at radius 3 is 2.80 bits per heavy atom. The summed E-state index contributed by atoms with van der Waals surface area (Å²) in [6.07, 6.45) is 3.55. The monoisotopic (exact) mass is 272 g/mol. The number of hydrogen-bond acceptors (Lipinski definition) is 4. The number of rotatable bonds is 8. The third-order valence-electron chi connectivity index (χ3n) is 2.98. The average Bonchev–Trinajstić information content (AvgIpc) is 2.87. The molecule has 20 heavy (non-hydrogen) atoms. The molecule has 0 radical (unpaired) electrons. The molecule has 0 unspecified atom stereocenters. The van der Waals surface area contributed by atoms with Crippen molar-refractivity contribution in [1.82, 2.24) is 15.0 Å². The first-order valence-electron chi connectivity index (χ1n) is 6.75. The molecule has 1 aromatic carbocycles. The molecule has 106 valence electrons. The van der Waals surface area contributed by atoms with Crippen LogP contribution < -0.4 is 10.5 Å². The minimum atomic E-state index is 0.409. The molecule has 5 heteroatoms. The second-order valence-corrected chi connectivity index (χ2v) is 4.42. The lowest BCUT2D eigenvalue weighted by Gasteiger charge is -2.07. The molecular formula is C15H20N4O. The van der Waals surface area contributed by atoms with Crippen LogP contribution in [0.25, 0.3) is 0 Å². The zero-order chi connectivity index (χ0) is 14.2. The molecule has 2 aromatic rings. The Kier molecular flexibility index (Phi) is 5.32. The van der Waals surface area contributed by atoms with Crippen molar-refractivity contribution in [3.8, 4) is 5.75 Å². The van der Waals surface area contributed by atoms with Gasteiger partial charge in [0.2, 0.25) is 0 Å². The Hall–Kier alpha value is -2.14. The Morgan fingerprint density at radius 2 is 2.10 bits per heavy atom. The first kappa shape index (κ1) is 14.3. The topological polar surface area (TPSA) is 66.0 Å². The summed E-state index contributed by atoms with van der Waals surface area (Å²) in [6.45, 7) is 5.45. The van der Waals surface area contributed by atoms with Crippen molar-refractivity contribution in [2.45, 2.75) is 25.9 Å². The number of ether oxygens (including phenoxy) is 1. The summed E-state index contributed by atoms with van der Waals surface area (Å²) in [5.74, 6) is 0.893. The van der Waals surface area contributed by atoms with Crippen LogP contribution in [0.15, 0.2) is 43.0 Å². The molecule has 5 nitrogen and oxygen atoms in total. The van der Waals surface area contributed by atoms with Crippen molar-refractivity contribution >= 4 is 0 Å². The quantitative estimate of drug-likeness (QED) is 0.589. The van der Waals surface area contributed by atoms with E-state index < -0.39 is 0 Å². The smallest absolute Gasteiger partial charge is 0.119 e. The van der Waals surface area contributed by atoms with Gasteiger partial charge >= 0.3 is 0 Å². The zero-order valence-corrected chi connectivity index (χ0v) is 11.5. The van der Waals surface area contributed by atoms with Crippen LogP contribution in [0.5, 0.6) is 5.75 Å². The van der Waals surface area contributed by atoms with Crippen LogP contribution in [-0.2, 0) is 19.5 Å². The van der Waals surface area contributed by atoms with E-state index in [9.17, 15) is 0 Å². The molecule has 0 bridgehead atoms.